The second-order valence-corrected chi connectivity index (χ2v) is 2.57. The fourth-order valence-electron chi connectivity index (χ4n) is 0.335. The number of halogens is 1. The van der Waals surface area contributed by atoms with E-state index in [0.29, 0.717) is 13.1 Å². The molecule has 12 heavy (non-hydrogen) atoms. The van der Waals surface area contributed by atoms with Crippen LogP contribution in [-0.2, 0) is 9.53 Å². The van der Waals surface area contributed by atoms with Crippen molar-refractivity contribution in [1.82, 2.24) is 4.98 Å². The Bertz CT molecular complexity index is 213. The molecule has 0 unspecified atom stereocenters. The Morgan fingerprint density at radius 1 is 1.92 bits per heavy atom. The van der Waals surface area contributed by atoms with Crippen molar-refractivity contribution in [2.45, 2.75) is 6.92 Å². The van der Waals surface area contributed by atoms with Gasteiger partial charge in [0.25, 0.3) is 6.47 Å². The minimum atomic E-state index is -0.336. The van der Waals surface area contributed by atoms with Gasteiger partial charge in [-0.05, 0) is 6.92 Å². The molecule has 1 heterocycles. The molecule has 6 heteroatoms. The molecule has 0 aliphatic rings. The summed E-state index contributed by atoms with van der Waals surface area (Å²) in [7, 11) is 0. The van der Waals surface area contributed by atoms with Gasteiger partial charge in [0.05, 0.1) is 12.8 Å². The molecule has 0 spiro atoms. The summed E-state index contributed by atoms with van der Waals surface area (Å²) in [5.74, 6) is 0. The molecular formula is C6H9FN2O2S. The van der Waals surface area contributed by atoms with E-state index in [0.717, 1.165) is 17.5 Å². The maximum absolute atomic E-state index is 11.8. The van der Waals surface area contributed by atoms with Crippen LogP contribution in [0.15, 0.2) is 6.20 Å². The van der Waals surface area contributed by atoms with Gasteiger partial charge in [0.15, 0.2) is 10.3 Å². The first-order valence-corrected chi connectivity index (χ1v) is 3.94. The van der Waals surface area contributed by atoms with Gasteiger partial charge in [-0.25, -0.2) is 4.98 Å². The van der Waals surface area contributed by atoms with Crippen LogP contribution in [0, 0.1) is 5.13 Å². The second-order valence-electron chi connectivity index (χ2n) is 1.55. The minimum absolute atomic E-state index is 0.275. The van der Waals surface area contributed by atoms with Gasteiger partial charge in [0.2, 0.25) is 0 Å². The minimum Gasteiger partial charge on any atom is -0.468 e. The van der Waals surface area contributed by atoms with Crippen molar-refractivity contribution < 1.29 is 13.9 Å². The number of nitrogen functional groups attached to an aromatic ring is 1. The molecule has 0 amide bonds. The van der Waals surface area contributed by atoms with E-state index in [1.54, 1.807) is 6.92 Å². The van der Waals surface area contributed by atoms with Gasteiger partial charge in [-0.15, -0.1) is 0 Å². The van der Waals surface area contributed by atoms with Gasteiger partial charge < -0.3 is 10.5 Å². The maximum atomic E-state index is 11.8. The summed E-state index contributed by atoms with van der Waals surface area (Å²) in [4.78, 5) is 12.6. The molecule has 68 valence electrons. The molecular weight excluding hydrogens is 183 g/mol. The molecule has 0 radical (unpaired) electrons. The van der Waals surface area contributed by atoms with Crippen LogP contribution in [0.2, 0.25) is 0 Å². The normalized spacial score (nSPS) is 8.17. The van der Waals surface area contributed by atoms with E-state index in [2.05, 4.69) is 9.72 Å². The van der Waals surface area contributed by atoms with E-state index in [1.807, 2.05) is 0 Å². The first kappa shape index (κ1) is 10.8. The van der Waals surface area contributed by atoms with Gasteiger partial charge in [-0.3, -0.25) is 4.79 Å². The average Bonchev–Trinajstić information content (AvgIpc) is 2.38. The van der Waals surface area contributed by atoms with E-state index >= 15 is 0 Å². The molecule has 1 rings (SSSR count). The summed E-state index contributed by atoms with van der Waals surface area (Å²) < 4.78 is 16.0. The third kappa shape index (κ3) is 5.60. The summed E-state index contributed by atoms with van der Waals surface area (Å²) in [6.45, 7) is 2.66. The number of hydrogen-bond acceptors (Lipinski definition) is 5. The lowest BCUT2D eigenvalue weighted by molar-refractivity contribution is -0.128. The Labute approximate surface area is 73.2 Å². The number of aromatic nitrogens is 1. The number of rotatable bonds is 2. The van der Waals surface area contributed by atoms with Crippen LogP contribution in [0.25, 0.3) is 0 Å². The van der Waals surface area contributed by atoms with E-state index in [9.17, 15) is 9.18 Å². The van der Waals surface area contributed by atoms with Crippen LogP contribution in [0.3, 0.4) is 0 Å². The number of anilines is 1. The van der Waals surface area contributed by atoms with Gasteiger partial charge in [-0.1, -0.05) is 11.3 Å². The largest absolute Gasteiger partial charge is 0.468 e. The molecule has 0 saturated carbocycles. The SMILES string of the molecule is CCOC=O.Nc1ncc(F)s1. The number of hydrogen-bond donors (Lipinski definition) is 1. The summed E-state index contributed by atoms with van der Waals surface area (Å²) in [6, 6.07) is 0. The van der Waals surface area contributed by atoms with E-state index in [1.165, 1.54) is 0 Å². The first-order chi connectivity index (χ1) is 5.70. The van der Waals surface area contributed by atoms with E-state index < -0.39 is 0 Å². The highest BCUT2D eigenvalue weighted by molar-refractivity contribution is 7.13. The van der Waals surface area contributed by atoms with Crippen LogP contribution < -0.4 is 5.73 Å². The van der Waals surface area contributed by atoms with E-state index in [-0.39, 0.29) is 10.3 Å². The Balaban J connectivity index is 0.000000217. The number of thiazole rings is 1. The quantitative estimate of drug-likeness (QED) is 0.711. The Hall–Kier alpha value is -1.17. The maximum Gasteiger partial charge on any atom is 0.293 e. The topological polar surface area (TPSA) is 65.2 Å². The van der Waals surface area contributed by atoms with Crippen LogP contribution in [0.4, 0.5) is 9.52 Å². The highest BCUT2D eigenvalue weighted by Gasteiger charge is 1.91. The third-order valence-electron chi connectivity index (χ3n) is 0.730. The van der Waals surface area contributed by atoms with Gasteiger partial charge >= 0.3 is 0 Å². The lowest BCUT2D eigenvalue weighted by atomic mass is 10.9. The van der Waals surface area contributed by atoms with Crippen molar-refractivity contribution in [2.75, 3.05) is 12.3 Å². The monoisotopic (exact) mass is 192 g/mol. The zero-order valence-corrected chi connectivity index (χ0v) is 7.31. The van der Waals surface area contributed by atoms with Crippen LogP contribution >= 0.6 is 11.3 Å². The van der Waals surface area contributed by atoms with Gasteiger partial charge in [-0.2, -0.15) is 4.39 Å². The zero-order valence-electron chi connectivity index (χ0n) is 6.49. The number of nitrogens with two attached hydrogens (primary N) is 1. The molecule has 1 aromatic heterocycles. The van der Waals surface area contributed by atoms with Crippen molar-refractivity contribution in [3.63, 3.8) is 0 Å². The highest BCUT2D eigenvalue weighted by Crippen LogP contribution is 2.10. The summed E-state index contributed by atoms with van der Waals surface area (Å²) >= 11 is 0.843. The molecule has 0 atom stereocenters. The molecule has 0 aromatic carbocycles. The summed E-state index contributed by atoms with van der Waals surface area (Å²) in [6.07, 6.45) is 1.10. The fraction of sp³-hybridized carbons (Fsp3) is 0.333. The number of ether oxygens (including phenoxy) is 1. The predicted octanol–water partition coefficient (Wildman–Crippen LogP) is 1.04. The molecule has 2 N–H and O–H groups in total. The van der Waals surface area contributed by atoms with E-state index in [4.69, 9.17) is 5.73 Å². The standard InChI is InChI=1S/C3H3FN2S.C3H6O2/c4-2-1-6-3(5)7-2;1-2-5-3-4/h1H,(H2,5,6);3H,2H2,1H3. The van der Waals surface area contributed by atoms with Crippen LogP contribution in [-0.4, -0.2) is 18.1 Å². The van der Waals surface area contributed by atoms with Crippen molar-refractivity contribution in [1.29, 1.82) is 0 Å². The van der Waals surface area contributed by atoms with Gasteiger partial charge in [0.1, 0.15) is 0 Å². The van der Waals surface area contributed by atoms with Crippen LogP contribution in [0.1, 0.15) is 6.92 Å². The fourth-order valence-corrected chi connectivity index (χ4v) is 0.746. The molecule has 0 saturated heterocycles. The average molecular weight is 192 g/mol. The van der Waals surface area contributed by atoms with Crippen molar-refractivity contribution in [2.24, 2.45) is 0 Å². The Morgan fingerprint density at radius 3 is 2.67 bits per heavy atom. The lowest BCUT2D eigenvalue weighted by Gasteiger charge is -1.79. The molecule has 0 aliphatic heterocycles. The predicted molar refractivity (Wildman–Crippen MR) is 44.2 cm³/mol. The third-order valence-corrected chi connectivity index (χ3v) is 1.35. The van der Waals surface area contributed by atoms with Crippen molar-refractivity contribution >= 4 is 22.9 Å². The molecule has 0 fully saturated rings. The van der Waals surface area contributed by atoms with Gasteiger partial charge in [0, 0.05) is 0 Å². The molecule has 0 aliphatic carbocycles. The smallest absolute Gasteiger partial charge is 0.293 e. The Morgan fingerprint density at radius 2 is 2.58 bits per heavy atom. The number of carbonyl (C=O) groups excluding carboxylic acids is 1. The molecule has 4 nitrogen and oxygen atoms in total. The lowest BCUT2D eigenvalue weighted by Crippen LogP contribution is -1.80. The first-order valence-electron chi connectivity index (χ1n) is 3.12. The second kappa shape index (κ2) is 6.53. The summed E-state index contributed by atoms with van der Waals surface area (Å²) in [5.41, 5.74) is 5.05. The number of nitrogens with zero attached hydrogens (tertiary/aromatic N) is 1. The zero-order chi connectivity index (χ0) is 9.40. The molecule has 1 aromatic rings. The highest BCUT2D eigenvalue weighted by atomic mass is 32.1. The van der Waals surface area contributed by atoms with Crippen LogP contribution in [0.5, 0.6) is 0 Å². The molecule has 0 bridgehead atoms. The van der Waals surface area contributed by atoms with Crippen molar-refractivity contribution in [3.8, 4) is 0 Å². The van der Waals surface area contributed by atoms with Crippen molar-refractivity contribution in [3.05, 3.63) is 11.3 Å². The number of carbonyl (C=O) groups is 1. The Kier molecular flexibility index (Phi) is 5.90. The summed E-state index contributed by atoms with van der Waals surface area (Å²) in [5, 5.41) is -0.0602.